The lowest BCUT2D eigenvalue weighted by Crippen LogP contribution is -2.34. The number of aromatic nitrogens is 1. The topological polar surface area (TPSA) is 65.1 Å². The molecule has 0 bridgehead atoms. The molecule has 0 spiro atoms. The van der Waals surface area contributed by atoms with Gasteiger partial charge in [0.1, 0.15) is 0 Å². The molecule has 0 saturated heterocycles. The van der Waals surface area contributed by atoms with Crippen molar-refractivity contribution in [3.8, 4) is 0 Å². The quantitative estimate of drug-likeness (QED) is 0.423. The Morgan fingerprint density at radius 3 is 2.38 bits per heavy atom. The van der Waals surface area contributed by atoms with Crippen LogP contribution in [0.2, 0.25) is 0 Å². The van der Waals surface area contributed by atoms with Gasteiger partial charge in [-0.2, -0.15) is 12.6 Å². The Kier molecular flexibility index (Phi) is 6.93. The minimum atomic E-state index is -0.483. The van der Waals surface area contributed by atoms with Gasteiger partial charge in [0.15, 0.2) is 0 Å². The van der Waals surface area contributed by atoms with Gasteiger partial charge in [-0.1, -0.05) is 26.7 Å². The number of hydrogen-bond donors (Lipinski definition) is 1. The summed E-state index contributed by atoms with van der Waals surface area (Å²) in [5.41, 5.74) is -0.424. The number of hydrogen-bond acceptors (Lipinski definition) is 4. The van der Waals surface area contributed by atoms with Crippen LogP contribution in [-0.4, -0.2) is 15.2 Å². The molecule has 0 N–H and O–H groups in total. The van der Waals surface area contributed by atoms with E-state index in [1.807, 2.05) is 0 Å². The minimum Gasteiger partial charge on any atom is -0.307 e. The normalized spacial score (nSPS) is 11.6. The van der Waals surface area contributed by atoms with Crippen LogP contribution in [0.3, 0.4) is 0 Å². The van der Waals surface area contributed by atoms with Gasteiger partial charge in [-0.25, -0.2) is 0 Å². The number of nitrogens with zero attached hydrogens (tertiary/aromatic N) is 2. The van der Waals surface area contributed by atoms with Gasteiger partial charge in [0.25, 0.3) is 11.2 Å². The summed E-state index contributed by atoms with van der Waals surface area (Å²) in [6.45, 7) is 4.65. The summed E-state index contributed by atoms with van der Waals surface area (Å²) in [7, 11) is 0. The largest absolute Gasteiger partial charge is 0.307 e. The fourth-order valence-electron chi connectivity index (χ4n) is 2.71. The Labute approximate surface area is 138 Å². The first-order valence-corrected chi connectivity index (χ1v) is 8.47. The third kappa shape index (κ3) is 4.57. The van der Waals surface area contributed by atoms with Gasteiger partial charge in [-0.05, 0) is 39.9 Å². The fourth-order valence-corrected chi connectivity index (χ4v) is 3.59. The van der Waals surface area contributed by atoms with Gasteiger partial charge in [0, 0.05) is 12.6 Å². The molecule has 5 nitrogen and oxygen atoms in total. The van der Waals surface area contributed by atoms with Crippen molar-refractivity contribution in [2.24, 2.45) is 5.41 Å². The number of rotatable bonds is 8. The van der Waals surface area contributed by atoms with E-state index in [1.165, 1.54) is 16.8 Å². The predicted octanol–water partition coefficient (Wildman–Crippen LogP) is 4.04. The number of pyridine rings is 1. The summed E-state index contributed by atoms with van der Waals surface area (Å²) in [5, 5.41) is 11.0. The third-order valence-electron chi connectivity index (χ3n) is 3.64. The second-order valence-corrected chi connectivity index (χ2v) is 6.57. The van der Waals surface area contributed by atoms with Gasteiger partial charge in [0.05, 0.1) is 15.6 Å². The molecule has 0 radical (unpaired) electrons. The maximum Gasteiger partial charge on any atom is 0.286 e. The van der Waals surface area contributed by atoms with Crippen LogP contribution in [-0.2, 0) is 6.54 Å². The molecule has 1 rings (SSSR count). The van der Waals surface area contributed by atoms with Crippen LogP contribution in [0, 0.1) is 15.5 Å². The zero-order chi connectivity index (χ0) is 16.0. The third-order valence-corrected chi connectivity index (χ3v) is 4.88. The fraction of sp³-hybridized carbons (Fsp3) is 0.643. The molecule has 21 heavy (non-hydrogen) atoms. The zero-order valence-corrected chi connectivity index (χ0v) is 14.8. The molecule has 0 fully saturated rings. The van der Waals surface area contributed by atoms with Crippen molar-refractivity contribution in [1.82, 2.24) is 4.57 Å². The van der Waals surface area contributed by atoms with E-state index in [-0.39, 0.29) is 21.1 Å². The van der Waals surface area contributed by atoms with Crippen LogP contribution in [0.1, 0.15) is 39.5 Å². The SMILES string of the molecule is CCCC(CS)(CCC)Cn1cc([N+](=O)[O-])cc(Br)c1=O. The standard InChI is InChI=1S/C14H21BrN2O3S/c1-3-5-14(10-21,6-4-2)9-16-8-11(17(19)20)7-12(15)13(16)18/h7-8,21H,3-6,9-10H2,1-2H3. The molecule has 0 unspecified atom stereocenters. The highest BCUT2D eigenvalue weighted by molar-refractivity contribution is 9.10. The molecule has 0 aromatic carbocycles. The molecule has 0 saturated carbocycles. The first-order valence-electron chi connectivity index (χ1n) is 7.04. The van der Waals surface area contributed by atoms with Crippen molar-refractivity contribution in [1.29, 1.82) is 0 Å². The average Bonchev–Trinajstić information content (AvgIpc) is 2.43. The highest BCUT2D eigenvalue weighted by atomic mass is 79.9. The van der Waals surface area contributed by atoms with Crippen LogP contribution >= 0.6 is 28.6 Å². The van der Waals surface area contributed by atoms with E-state index in [9.17, 15) is 14.9 Å². The number of nitro groups is 1. The highest BCUT2D eigenvalue weighted by Gasteiger charge is 2.28. The smallest absolute Gasteiger partial charge is 0.286 e. The van der Waals surface area contributed by atoms with E-state index >= 15 is 0 Å². The van der Waals surface area contributed by atoms with E-state index < -0.39 is 4.92 Å². The Morgan fingerprint density at radius 1 is 1.38 bits per heavy atom. The molecular weight excluding hydrogens is 356 g/mol. The summed E-state index contributed by atoms with van der Waals surface area (Å²) in [5.74, 6) is 0.654. The van der Waals surface area contributed by atoms with Gasteiger partial charge in [-0.3, -0.25) is 14.9 Å². The van der Waals surface area contributed by atoms with E-state index in [4.69, 9.17) is 0 Å². The van der Waals surface area contributed by atoms with Gasteiger partial charge >= 0.3 is 0 Å². The van der Waals surface area contributed by atoms with Crippen molar-refractivity contribution in [2.45, 2.75) is 46.1 Å². The lowest BCUT2D eigenvalue weighted by molar-refractivity contribution is -0.385. The van der Waals surface area contributed by atoms with Crippen LogP contribution in [0.15, 0.2) is 21.5 Å². The summed E-state index contributed by atoms with van der Waals surface area (Å²) < 4.78 is 1.67. The lowest BCUT2D eigenvalue weighted by Gasteiger charge is -2.32. The van der Waals surface area contributed by atoms with Crippen molar-refractivity contribution < 1.29 is 4.92 Å². The van der Waals surface area contributed by atoms with Crippen LogP contribution in [0.5, 0.6) is 0 Å². The van der Waals surface area contributed by atoms with Crippen LogP contribution in [0.25, 0.3) is 0 Å². The van der Waals surface area contributed by atoms with Gasteiger partial charge < -0.3 is 4.57 Å². The number of halogens is 1. The highest BCUT2D eigenvalue weighted by Crippen LogP contribution is 2.33. The van der Waals surface area contributed by atoms with Crippen molar-refractivity contribution in [3.63, 3.8) is 0 Å². The monoisotopic (exact) mass is 376 g/mol. The molecule has 7 heteroatoms. The average molecular weight is 377 g/mol. The maximum atomic E-state index is 12.2. The van der Waals surface area contributed by atoms with E-state index in [2.05, 4.69) is 42.4 Å². The second kappa shape index (κ2) is 7.98. The molecule has 0 atom stereocenters. The molecule has 118 valence electrons. The van der Waals surface area contributed by atoms with Crippen LogP contribution in [0.4, 0.5) is 5.69 Å². The van der Waals surface area contributed by atoms with Crippen molar-refractivity contribution in [2.75, 3.05) is 5.75 Å². The minimum absolute atomic E-state index is 0.0810. The van der Waals surface area contributed by atoms with Crippen molar-refractivity contribution >= 4 is 34.2 Å². The van der Waals surface area contributed by atoms with Crippen LogP contribution < -0.4 is 5.56 Å². The van der Waals surface area contributed by atoms with E-state index in [0.29, 0.717) is 12.3 Å². The molecule has 0 aliphatic rings. The van der Waals surface area contributed by atoms with Gasteiger partial charge in [-0.15, -0.1) is 0 Å². The van der Waals surface area contributed by atoms with Gasteiger partial charge in [0.2, 0.25) is 0 Å². The number of thiol groups is 1. The lowest BCUT2D eigenvalue weighted by atomic mass is 9.81. The maximum absolute atomic E-state index is 12.2. The molecule has 0 aliphatic carbocycles. The Bertz CT molecular complexity index is 554. The van der Waals surface area contributed by atoms with Crippen molar-refractivity contribution in [3.05, 3.63) is 37.2 Å². The Hall–Kier alpha value is -0.820. The second-order valence-electron chi connectivity index (χ2n) is 5.39. The molecular formula is C14H21BrN2O3S. The molecule has 0 amide bonds. The van der Waals surface area contributed by atoms with E-state index in [1.54, 1.807) is 0 Å². The summed E-state index contributed by atoms with van der Waals surface area (Å²) in [6.07, 6.45) is 5.20. The molecule has 1 aromatic rings. The summed E-state index contributed by atoms with van der Waals surface area (Å²) in [6, 6.07) is 1.25. The zero-order valence-electron chi connectivity index (χ0n) is 12.3. The first-order chi connectivity index (χ1) is 9.89. The van der Waals surface area contributed by atoms with E-state index in [0.717, 1.165) is 25.7 Å². The Balaban J connectivity index is 3.25. The predicted molar refractivity (Wildman–Crippen MR) is 91.2 cm³/mol. The first kappa shape index (κ1) is 18.2. The summed E-state index contributed by atoms with van der Waals surface area (Å²) in [4.78, 5) is 22.7. The Morgan fingerprint density at radius 2 is 1.95 bits per heavy atom. The molecule has 1 aromatic heterocycles. The molecule has 0 aliphatic heterocycles. The molecule has 1 heterocycles. The summed E-state index contributed by atoms with van der Waals surface area (Å²) >= 11 is 7.58.